The number of hydrogen-bond acceptors (Lipinski definition) is 6. The average molecular weight is 380 g/mol. The molecule has 0 aromatic heterocycles. The van der Waals surface area contributed by atoms with Crippen LogP contribution in [0.1, 0.15) is 10.4 Å². The van der Waals surface area contributed by atoms with Crippen LogP contribution in [0.3, 0.4) is 0 Å². The van der Waals surface area contributed by atoms with Crippen molar-refractivity contribution in [2.75, 3.05) is 26.9 Å². The zero-order valence-electron chi connectivity index (χ0n) is 14.0. The van der Waals surface area contributed by atoms with Crippen LogP contribution < -0.4 is 14.8 Å². The predicted molar refractivity (Wildman–Crippen MR) is 94.9 cm³/mol. The van der Waals surface area contributed by atoms with Gasteiger partial charge < -0.3 is 24.6 Å². The molecule has 1 amide bonds. The lowest BCUT2D eigenvalue weighted by molar-refractivity contribution is -0.124. The number of phenolic OH excluding ortho intramolecular Hbond substituents is 1. The van der Waals surface area contributed by atoms with Gasteiger partial charge in [0.05, 0.1) is 13.7 Å². The minimum Gasteiger partial charge on any atom is -0.507 e. The minimum absolute atomic E-state index is 0.0679. The van der Waals surface area contributed by atoms with Crippen molar-refractivity contribution in [1.82, 2.24) is 5.32 Å². The van der Waals surface area contributed by atoms with Gasteiger partial charge in [0.1, 0.15) is 17.9 Å². The molecule has 0 aliphatic carbocycles. The van der Waals surface area contributed by atoms with Crippen molar-refractivity contribution in [2.45, 2.75) is 0 Å². The Morgan fingerprint density at radius 2 is 1.88 bits per heavy atom. The van der Waals surface area contributed by atoms with Gasteiger partial charge in [-0.15, -0.1) is 0 Å². The van der Waals surface area contributed by atoms with Crippen molar-refractivity contribution in [2.24, 2.45) is 0 Å². The Labute approximate surface area is 155 Å². The Hall–Kier alpha value is -2.93. The van der Waals surface area contributed by atoms with Crippen LogP contribution >= 0.6 is 11.6 Å². The number of hydrogen-bond donors (Lipinski definition) is 2. The number of ether oxygens (including phenoxy) is 3. The third-order valence-electron chi connectivity index (χ3n) is 3.26. The molecule has 8 heteroatoms. The number of rotatable bonds is 8. The van der Waals surface area contributed by atoms with E-state index < -0.39 is 18.5 Å². The first-order valence-corrected chi connectivity index (χ1v) is 8.07. The molecule has 0 unspecified atom stereocenters. The molecule has 0 atom stereocenters. The van der Waals surface area contributed by atoms with E-state index in [1.807, 2.05) is 12.1 Å². The van der Waals surface area contributed by atoms with Gasteiger partial charge in [-0.25, -0.2) is 4.79 Å². The molecule has 0 aliphatic heterocycles. The summed E-state index contributed by atoms with van der Waals surface area (Å²) in [6, 6.07) is 11.1. The SMILES string of the molecule is COc1ccccc1OCCNC(=O)COC(=O)c1ccc(Cl)cc1O. The van der Waals surface area contributed by atoms with Gasteiger partial charge in [-0.3, -0.25) is 4.79 Å². The number of aromatic hydroxyl groups is 1. The molecular formula is C18H18ClNO6. The maximum absolute atomic E-state index is 11.8. The number of carbonyl (C=O) groups excluding carboxylic acids is 2. The molecule has 0 saturated heterocycles. The van der Waals surface area contributed by atoms with Gasteiger partial charge in [0.25, 0.3) is 5.91 Å². The second-order valence-corrected chi connectivity index (χ2v) is 5.52. The van der Waals surface area contributed by atoms with Crippen LogP contribution in [0.5, 0.6) is 17.2 Å². The first-order chi connectivity index (χ1) is 12.5. The summed E-state index contributed by atoms with van der Waals surface area (Å²) in [5, 5.41) is 12.5. The second-order valence-electron chi connectivity index (χ2n) is 5.09. The van der Waals surface area contributed by atoms with E-state index in [1.165, 1.54) is 25.3 Å². The lowest BCUT2D eigenvalue weighted by Crippen LogP contribution is -2.32. The quantitative estimate of drug-likeness (QED) is 0.540. The van der Waals surface area contributed by atoms with E-state index >= 15 is 0 Å². The highest BCUT2D eigenvalue weighted by molar-refractivity contribution is 6.30. The van der Waals surface area contributed by atoms with Crippen molar-refractivity contribution in [1.29, 1.82) is 0 Å². The molecule has 2 N–H and O–H groups in total. The Balaban J connectivity index is 1.71. The molecule has 0 spiro atoms. The third kappa shape index (κ3) is 5.56. The highest BCUT2D eigenvalue weighted by Crippen LogP contribution is 2.25. The standard InChI is InChI=1S/C18H18ClNO6/c1-24-15-4-2-3-5-16(15)25-9-8-20-17(22)11-26-18(23)13-7-6-12(19)10-14(13)21/h2-7,10,21H,8-9,11H2,1H3,(H,20,22). The van der Waals surface area contributed by atoms with Gasteiger partial charge in [0.2, 0.25) is 0 Å². The molecule has 0 bridgehead atoms. The molecular weight excluding hydrogens is 362 g/mol. The highest BCUT2D eigenvalue weighted by Gasteiger charge is 2.14. The van der Waals surface area contributed by atoms with Crippen LogP contribution in [-0.4, -0.2) is 43.9 Å². The number of esters is 1. The molecule has 2 aromatic carbocycles. The van der Waals surface area contributed by atoms with E-state index in [0.29, 0.717) is 11.5 Å². The monoisotopic (exact) mass is 379 g/mol. The number of para-hydroxylation sites is 2. The van der Waals surface area contributed by atoms with E-state index in [0.717, 1.165) is 0 Å². The minimum atomic E-state index is -0.820. The van der Waals surface area contributed by atoms with Gasteiger partial charge in [-0.05, 0) is 30.3 Å². The summed E-state index contributed by atoms with van der Waals surface area (Å²) in [5.41, 5.74) is -0.0679. The summed E-state index contributed by atoms with van der Waals surface area (Å²) in [5.74, 6) is -0.465. The summed E-state index contributed by atoms with van der Waals surface area (Å²) < 4.78 is 15.5. The first kappa shape index (κ1) is 19.4. The summed E-state index contributed by atoms with van der Waals surface area (Å²) >= 11 is 5.69. The molecule has 138 valence electrons. The van der Waals surface area contributed by atoms with Gasteiger partial charge in [0.15, 0.2) is 18.1 Å². The van der Waals surface area contributed by atoms with Crippen LogP contribution in [0.25, 0.3) is 0 Å². The fraction of sp³-hybridized carbons (Fsp3) is 0.222. The van der Waals surface area contributed by atoms with E-state index in [1.54, 1.807) is 12.1 Å². The molecule has 2 rings (SSSR count). The Kier molecular flexibility index (Phi) is 7.11. The van der Waals surface area contributed by atoms with Crippen LogP contribution in [0.15, 0.2) is 42.5 Å². The van der Waals surface area contributed by atoms with E-state index in [-0.39, 0.29) is 29.5 Å². The fourth-order valence-electron chi connectivity index (χ4n) is 2.03. The zero-order valence-corrected chi connectivity index (χ0v) is 14.8. The number of carbonyl (C=O) groups is 2. The Morgan fingerprint density at radius 1 is 1.15 bits per heavy atom. The Morgan fingerprint density at radius 3 is 2.58 bits per heavy atom. The first-order valence-electron chi connectivity index (χ1n) is 7.69. The lowest BCUT2D eigenvalue weighted by Gasteiger charge is -2.11. The molecule has 0 aliphatic rings. The van der Waals surface area contributed by atoms with Gasteiger partial charge in [0, 0.05) is 5.02 Å². The van der Waals surface area contributed by atoms with Crippen LogP contribution in [0.4, 0.5) is 0 Å². The van der Waals surface area contributed by atoms with Crippen molar-refractivity contribution in [3.8, 4) is 17.2 Å². The molecule has 0 heterocycles. The predicted octanol–water partition coefficient (Wildman–Crippen LogP) is 2.41. The summed E-state index contributed by atoms with van der Waals surface area (Å²) in [6.07, 6.45) is 0. The van der Waals surface area contributed by atoms with Crippen LogP contribution in [-0.2, 0) is 9.53 Å². The number of benzene rings is 2. The number of methoxy groups -OCH3 is 1. The molecule has 2 aromatic rings. The number of phenols is 1. The highest BCUT2D eigenvalue weighted by atomic mass is 35.5. The van der Waals surface area contributed by atoms with Crippen molar-refractivity contribution in [3.63, 3.8) is 0 Å². The summed E-state index contributed by atoms with van der Waals surface area (Å²) in [6.45, 7) is -0.0335. The van der Waals surface area contributed by atoms with Gasteiger partial charge in [-0.1, -0.05) is 23.7 Å². The smallest absolute Gasteiger partial charge is 0.342 e. The topological polar surface area (TPSA) is 94.1 Å². The van der Waals surface area contributed by atoms with E-state index in [9.17, 15) is 14.7 Å². The third-order valence-corrected chi connectivity index (χ3v) is 3.50. The Bertz CT molecular complexity index is 780. The summed E-state index contributed by atoms with van der Waals surface area (Å²) in [4.78, 5) is 23.5. The molecule has 0 fully saturated rings. The molecule has 0 saturated carbocycles. The summed E-state index contributed by atoms with van der Waals surface area (Å²) in [7, 11) is 1.54. The number of halogens is 1. The molecule has 0 radical (unpaired) electrons. The average Bonchev–Trinajstić information content (AvgIpc) is 2.63. The van der Waals surface area contributed by atoms with Gasteiger partial charge >= 0.3 is 5.97 Å². The van der Waals surface area contributed by atoms with E-state index in [2.05, 4.69) is 5.32 Å². The lowest BCUT2D eigenvalue weighted by atomic mass is 10.2. The van der Waals surface area contributed by atoms with Crippen molar-refractivity contribution >= 4 is 23.5 Å². The fourth-order valence-corrected chi connectivity index (χ4v) is 2.19. The largest absolute Gasteiger partial charge is 0.507 e. The van der Waals surface area contributed by atoms with Crippen molar-refractivity contribution in [3.05, 3.63) is 53.1 Å². The van der Waals surface area contributed by atoms with Crippen molar-refractivity contribution < 1.29 is 28.9 Å². The number of nitrogens with one attached hydrogen (secondary N) is 1. The normalized spacial score (nSPS) is 10.1. The maximum Gasteiger partial charge on any atom is 0.342 e. The van der Waals surface area contributed by atoms with Gasteiger partial charge in [-0.2, -0.15) is 0 Å². The molecule has 26 heavy (non-hydrogen) atoms. The second kappa shape index (κ2) is 9.53. The zero-order chi connectivity index (χ0) is 18.9. The maximum atomic E-state index is 11.8. The molecule has 7 nitrogen and oxygen atoms in total. The van der Waals surface area contributed by atoms with Crippen LogP contribution in [0.2, 0.25) is 5.02 Å². The number of amides is 1. The van der Waals surface area contributed by atoms with Crippen LogP contribution in [0, 0.1) is 0 Å². The van der Waals surface area contributed by atoms with E-state index in [4.69, 9.17) is 25.8 Å².